The lowest BCUT2D eigenvalue weighted by molar-refractivity contribution is 0.0300. The predicted octanol–water partition coefficient (Wildman–Crippen LogP) is 2.43. The number of carbonyl (C=O) groups is 2. The minimum absolute atomic E-state index is 0.353. The van der Waals surface area contributed by atoms with Crippen molar-refractivity contribution in [2.75, 3.05) is 27.2 Å². The minimum Gasteiger partial charge on any atom is -0.465 e. The number of methoxy groups -OCH3 is 1. The molecular formula is C17H26N2O4. The van der Waals surface area contributed by atoms with Crippen LogP contribution in [0.25, 0.3) is 0 Å². The van der Waals surface area contributed by atoms with Crippen LogP contribution in [0.5, 0.6) is 0 Å². The van der Waals surface area contributed by atoms with Gasteiger partial charge in [0.25, 0.3) is 0 Å². The zero-order chi connectivity index (χ0) is 17.5. The maximum absolute atomic E-state index is 11.8. The van der Waals surface area contributed by atoms with E-state index >= 15 is 0 Å². The number of esters is 1. The van der Waals surface area contributed by atoms with Crippen molar-refractivity contribution in [2.45, 2.75) is 32.9 Å². The van der Waals surface area contributed by atoms with Gasteiger partial charge < -0.3 is 19.7 Å². The summed E-state index contributed by atoms with van der Waals surface area (Å²) in [6, 6.07) is 7.27. The molecule has 0 atom stereocenters. The summed E-state index contributed by atoms with van der Waals surface area (Å²) >= 11 is 0. The van der Waals surface area contributed by atoms with Gasteiger partial charge in [-0.25, -0.2) is 9.59 Å². The summed E-state index contributed by atoms with van der Waals surface area (Å²) in [5.41, 5.74) is 0.903. The molecule has 0 aliphatic carbocycles. The molecule has 1 aromatic carbocycles. The fourth-order valence-electron chi connectivity index (χ4n) is 1.88. The highest BCUT2D eigenvalue weighted by Gasteiger charge is 2.19. The lowest BCUT2D eigenvalue weighted by Crippen LogP contribution is -2.37. The van der Waals surface area contributed by atoms with E-state index in [9.17, 15) is 9.59 Å². The molecule has 6 heteroatoms. The molecule has 0 bridgehead atoms. The number of likely N-dealkylation sites (N-methyl/N-ethyl adjacent to an activating group) is 1. The Morgan fingerprint density at radius 3 is 2.48 bits per heavy atom. The summed E-state index contributed by atoms with van der Waals surface area (Å²) in [7, 11) is 3.06. The van der Waals surface area contributed by atoms with Gasteiger partial charge >= 0.3 is 12.1 Å². The van der Waals surface area contributed by atoms with Gasteiger partial charge in [-0.2, -0.15) is 0 Å². The first-order chi connectivity index (χ1) is 10.7. The van der Waals surface area contributed by atoms with E-state index in [0.29, 0.717) is 25.2 Å². The summed E-state index contributed by atoms with van der Waals surface area (Å²) < 4.78 is 10.0. The van der Waals surface area contributed by atoms with Crippen molar-refractivity contribution in [1.29, 1.82) is 0 Å². The standard InChI is InChI=1S/C17H26N2O4/c1-17(2,3)23-16(21)19(4)11-10-18-12-13-8-6-7-9-14(13)15(20)22-5/h6-9,18H,10-12H2,1-5H3. The molecule has 6 nitrogen and oxygen atoms in total. The predicted molar refractivity (Wildman–Crippen MR) is 88.4 cm³/mol. The maximum atomic E-state index is 11.8. The Labute approximate surface area is 137 Å². The number of nitrogens with one attached hydrogen (secondary N) is 1. The molecule has 128 valence electrons. The van der Waals surface area contributed by atoms with Gasteiger partial charge in [-0.05, 0) is 32.4 Å². The van der Waals surface area contributed by atoms with Crippen molar-refractivity contribution in [2.24, 2.45) is 0 Å². The van der Waals surface area contributed by atoms with Crippen molar-refractivity contribution in [3.8, 4) is 0 Å². The molecule has 1 rings (SSSR count). The number of ether oxygens (including phenoxy) is 2. The van der Waals surface area contributed by atoms with Crippen molar-refractivity contribution in [3.05, 3.63) is 35.4 Å². The summed E-state index contributed by atoms with van der Waals surface area (Å²) in [4.78, 5) is 25.0. The SMILES string of the molecule is COC(=O)c1ccccc1CNCCN(C)C(=O)OC(C)(C)C. The van der Waals surface area contributed by atoms with Crippen LogP contribution in [0.3, 0.4) is 0 Å². The second kappa shape index (κ2) is 8.53. The molecule has 0 fully saturated rings. The molecule has 1 amide bonds. The third kappa shape index (κ3) is 6.69. The van der Waals surface area contributed by atoms with E-state index in [4.69, 9.17) is 9.47 Å². The average molecular weight is 322 g/mol. The van der Waals surface area contributed by atoms with Gasteiger partial charge in [0.2, 0.25) is 0 Å². The van der Waals surface area contributed by atoms with Crippen LogP contribution in [-0.4, -0.2) is 49.8 Å². The molecule has 0 unspecified atom stereocenters. The molecular weight excluding hydrogens is 296 g/mol. The third-order valence-electron chi connectivity index (χ3n) is 3.07. The Kier molecular flexibility index (Phi) is 7.03. The van der Waals surface area contributed by atoms with Gasteiger partial charge in [0, 0.05) is 26.7 Å². The Bertz CT molecular complexity index is 538. The first-order valence-electron chi connectivity index (χ1n) is 7.55. The van der Waals surface area contributed by atoms with Crippen LogP contribution in [0, 0.1) is 0 Å². The van der Waals surface area contributed by atoms with E-state index in [0.717, 1.165) is 5.56 Å². The van der Waals surface area contributed by atoms with E-state index in [1.807, 2.05) is 32.9 Å². The summed E-state index contributed by atoms with van der Waals surface area (Å²) in [5.74, 6) is -0.353. The third-order valence-corrected chi connectivity index (χ3v) is 3.07. The van der Waals surface area contributed by atoms with Crippen LogP contribution < -0.4 is 5.32 Å². The second-order valence-corrected chi connectivity index (χ2v) is 6.23. The van der Waals surface area contributed by atoms with Gasteiger partial charge in [-0.15, -0.1) is 0 Å². The fraction of sp³-hybridized carbons (Fsp3) is 0.529. The first kappa shape index (κ1) is 19.0. The summed E-state index contributed by atoms with van der Waals surface area (Å²) in [6.07, 6.45) is -0.353. The largest absolute Gasteiger partial charge is 0.465 e. The van der Waals surface area contributed by atoms with E-state index in [2.05, 4.69) is 5.32 Å². The van der Waals surface area contributed by atoms with E-state index in [1.165, 1.54) is 12.0 Å². The van der Waals surface area contributed by atoms with Gasteiger partial charge in [0.1, 0.15) is 5.60 Å². The lowest BCUT2D eigenvalue weighted by Gasteiger charge is -2.24. The quantitative estimate of drug-likeness (QED) is 0.643. The molecule has 23 heavy (non-hydrogen) atoms. The molecule has 0 radical (unpaired) electrons. The lowest BCUT2D eigenvalue weighted by atomic mass is 10.1. The van der Waals surface area contributed by atoms with Crippen molar-refractivity contribution in [1.82, 2.24) is 10.2 Å². The molecule has 0 saturated heterocycles. The number of carbonyl (C=O) groups excluding carboxylic acids is 2. The van der Waals surface area contributed by atoms with Crippen LogP contribution in [-0.2, 0) is 16.0 Å². The molecule has 0 saturated carbocycles. The van der Waals surface area contributed by atoms with E-state index < -0.39 is 5.60 Å². The van der Waals surface area contributed by atoms with Crippen molar-refractivity contribution >= 4 is 12.1 Å². The molecule has 0 spiro atoms. The van der Waals surface area contributed by atoms with Gasteiger partial charge in [-0.3, -0.25) is 0 Å². The highest BCUT2D eigenvalue weighted by molar-refractivity contribution is 5.90. The smallest absolute Gasteiger partial charge is 0.410 e. The van der Waals surface area contributed by atoms with Gasteiger partial charge in [-0.1, -0.05) is 18.2 Å². The summed E-state index contributed by atoms with van der Waals surface area (Å²) in [6.45, 7) is 7.12. The number of benzene rings is 1. The zero-order valence-electron chi connectivity index (χ0n) is 14.5. The van der Waals surface area contributed by atoms with Crippen LogP contribution in [0.15, 0.2) is 24.3 Å². The van der Waals surface area contributed by atoms with Crippen LogP contribution in [0.1, 0.15) is 36.7 Å². The number of rotatable bonds is 6. The molecule has 0 aliphatic heterocycles. The Morgan fingerprint density at radius 2 is 1.87 bits per heavy atom. The Balaban J connectivity index is 2.44. The van der Waals surface area contributed by atoms with Gasteiger partial charge in [0.15, 0.2) is 0 Å². The first-order valence-corrected chi connectivity index (χ1v) is 7.55. The van der Waals surface area contributed by atoms with Crippen molar-refractivity contribution < 1.29 is 19.1 Å². The van der Waals surface area contributed by atoms with Crippen molar-refractivity contribution in [3.63, 3.8) is 0 Å². The van der Waals surface area contributed by atoms with Crippen LogP contribution >= 0.6 is 0 Å². The maximum Gasteiger partial charge on any atom is 0.410 e. The van der Waals surface area contributed by atoms with Crippen LogP contribution in [0.4, 0.5) is 4.79 Å². The topological polar surface area (TPSA) is 67.9 Å². The number of hydrogen-bond donors (Lipinski definition) is 1. The van der Waals surface area contributed by atoms with Crippen LogP contribution in [0.2, 0.25) is 0 Å². The normalized spacial score (nSPS) is 11.0. The monoisotopic (exact) mass is 322 g/mol. The fourth-order valence-corrected chi connectivity index (χ4v) is 1.88. The molecule has 0 aromatic heterocycles. The molecule has 1 aromatic rings. The number of amides is 1. The summed E-state index contributed by atoms with van der Waals surface area (Å²) in [5, 5.41) is 3.21. The highest BCUT2D eigenvalue weighted by atomic mass is 16.6. The average Bonchev–Trinajstić information content (AvgIpc) is 2.49. The zero-order valence-corrected chi connectivity index (χ0v) is 14.5. The Hall–Kier alpha value is -2.08. The molecule has 0 aliphatic rings. The second-order valence-electron chi connectivity index (χ2n) is 6.23. The highest BCUT2D eigenvalue weighted by Crippen LogP contribution is 2.10. The number of hydrogen-bond acceptors (Lipinski definition) is 5. The van der Waals surface area contributed by atoms with Gasteiger partial charge in [0.05, 0.1) is 12.7 Å². The molecule has 0 heterocycles. The molecule has 1 N–H and O–H groups in total. The van der Waals surface area contributed by atoms with E-state index in [1.54, 1.807) is 19.2 Å². The minimum atomic E-state index is -0.502. The van der Waals surface area contributed by atoms with E-state index in [-0.39, 0.29) is 12.1 Å². The number of nitrogens with zero attached hydrogens (tertiary/aromatic N) is 1. The Morgan fingerprint density at radius 1 is 1.22 bits per heavy atom.